The molecule has 88 valence electrons. The average Bonchev–Trinajstić information content (AvgIpc) is 2.25. The van der Waals surface area contributed by atoms with Crippen LogP contribution < -0.4 is 5.32 Å². The van der Waals surface area contributed by atoms with Crippen LogP contribution in [0.15, 0.2) is 18.2 Å². The summed E-state index contributed by atoms with van der Waals surface area (Å²) in [6, 6.07) is 5.13. The van der Waals surface area contributed by atoms with Crippen LogP contribution in [-0.4, -0.2) is 11.5 Å². The highest BCUT2D eigenvalue weighted by Crippen LogP contribution is 2.21. The van der Waals surface area contributed by atoms with Crippen molar-refractivity contribution in [3.05, 3.63) is 33.9 Å². The number of nitrogens with one attached hydrogen (secondary N) is 1. The molecule has 1 unspecified atom stereocenters. The zero-order valence-corrected chi connectivity index (χ0v) is 9.99. The van der Waals surface area contributed by atoms with Gasteiger partial charge in [0.1, 0.15) is 0 Å². The minimum atomic E-state index is -0.353. The Morgan fingerprint density at radius 1 is 1.50 bits per heavy atom. The van der Waals surface area contributed by atoms with Crippen molar-refractivity contribution in [2.45, 2.75) is 27.2 Å². The van der Waals surface area contributed by atoms with E-state index in [0.717, 1.165) is 18.7 Å². The topological polar surface area (TPSA) is 55.2 Å². The predicted octanol–water partition coefficient (Wildman–Crippen LogP) is 3.36. The maximum atomic E-state index is 10.6. The van der Waals surface area contributed by atoms with Crippen molar-refractivity contribution in [1.82, 2.24) is 0 Å². The standard InChI is InChI=1S/C12H18N2O2/c1-4-9(2)8-13-11-5-6-12(14(15)16)10(3)7-11/h5-7,9,13H,4,8H2,1-3H3. The molecule has 0 saturated carbocycles. The van der Waals surface area contributed by atoms with Crippen LogP contribution in [0.25, 0.3) is 0 Å². The Labute approximate surface area is 95.8 Å². The molecule has 0 amide bonds. The number of anilines is 1. The number of benzene rings is 1. The van der Waals surface area contributed by atoms with Crippen molar-refractivity contribution in [2.24, 2.45) is 5.92 Å². The molecule has 0 aliphatic rings. The molecule has 4 heteroatoms. The first-order valence-corrected chi connectivity index (χ1v) is 5.53. The molecule has 1 atom stereocenters. The number of aryl methyl sites for hydroxylation is 1. The van der Waals surface area contributed by atoms with Crippen molar-refractivity contribution in [3.8, 4) is 0 Å². The molecule has 0 spiro atoms. The monoisotopic (exact) mass is 222 g/mol. The zero-order chi connectivity index (χ0) is 12.1. The third-order valence-electron chi connectivity index (χ3n) is 2.75. The van der Waals surface area contributed by atoms with E-state index in [0.29, 0.717) is 11.5 Å². The van der Waals surface area contributed by atoms with Gasteiger partial charge in [0.15, 0.2) is 0 Å². The molecule has 4 nitrogen and oxygen atoms in total. The van der Waals surface area contributed by atoms with Gasteiger partial charge in [-0.25, -0.2) is 0 Å². The predicted molar refractivity (Wildman–Crippen MR) is 65.8 cm³/mol. The molecule has 0 radical (unpaired) electrons. The summed E-state index contributed by atoms with van der Waals surface area (Å²) in [5.41, 5.74) is 1.82. The fourth-order valence-electron chi connectivity index (χ4n) is 1.41. The minimum absolute atomic E-state index is 0.175. The van der Waals surface area contributed by atoms with Gasteiger partial charge in [-0.2, -0.15) is 0 Å². The van der Waals surface area contributed by atoms with E-state index in [9.17, 15) is 10.1 Å². The van der Waals surface area contributed by atoms with Gasteiger partial charge in [0, 0.05) is 23.9 Å². The number of nitro benzene ring substituents is 1. The third-order valence-corrected chi connectivity index (χ3v) is 2.75. The van der Waals surface area contributed by atoms with Crippen LogP contribution >= 0.6 is 0 Å². The highest BCUT2D eigenvalue weighted by atomic mass is 16.6. The van der Waals surface area contributed by atoms with E-state index in [4.69, 9.17) is 0 Å². The largest absolute Gasteiger partial charge is 0.385 e. The second kappa shape index (κ2) is 5.49. The highest BCUT2D eigenvalue weighted by Gasteiger charge is 2.10. The number of nitrogens with zero attached hydrogens (tertiary/aromatic N) is 1. The molecule has 0 bridgehead atoms. The Hall–Kier alpha value is -1.58. The summed E-state index contributed by atoms with van der Waals surface area (Å²) in [5.74, 6) is 0.607. The van der Waals surface area contributed by atoms with Gasteiger partial charge in [0.2, 0.25) is 0 Å². The number of nitro groups is 1. The van der Waals surface area contributed by atoms with Crippen LogP contribution in [0.3, 0.4) is 0 Å². The van der Waals surface area contributed by atoms with Crippen molar-refractivity contribution < 1.29 is 4.92 Å². The second-order valence-electron chi connectivity index (χ2n) is 4.15. The lowest BCUT2D eigenvalue weighted by Gasteiger charge is -2.11. The van der Waals surface area contributed by atoms with Crippen LogP contribution in [0, 0.1) is 23.0 Å². The number of hydrogen-bond acceptors (Lipinski definition) is 3. The molecule has 0 aliphatic heterocycles. The first kappa shape index (κ1) is 12.5. The van der Waals surface area contributed by atoms with Gasteiger partial charge in [-0.05, 0) is 25.0 Å². The van der Waals surface area contributed by atoms with Gasteiger partial charge in [-0.15, -0.1) is 0 Å². The Morgan fingerprint density at radius 3 is 2.69 bits per heavy atom. The molecule has 1 aromatic carbocycles. The van der Waals surface area contributed by atoms with Crippen molar-refractivity contribution in [3.63, 3.8) is 0 Å². The summed E-state index contributed by atoms with van der Waals surface area (Å²) in [6.07, 6.45) is 1.12. The van der Waals surface area contributed by atoms with Crippen LogP contribution in [0.4, 0.5) is 11.4 Å². The van der Waals surface area contributed by atoms with Gasteiger partial charge < -0.3 is 5.32 Å². The molecular weight excluding hydrogens is 204 g/mol. The molecule has 16 heavy (non-hydrogen) atoms. The molecule has 1 aromatic rings. The summed E-state index contributed by atoms with van der Waals surface area (Å²) in [5, 5.41) is 13.9. The van der Waals surface area contributed by atoms with Crippen molar-refractivity contribution in [2.75, 3.05) is 11.9 Å². The van der Waals surface area contributed by atoms with Gasteiger partial charge in [0.25, 0.3) is 5.69 Å². The van der Waals surface area contributed by atoms with E-state index in [-0.39, 0.29) is 10.6 Å². The molecule has 1 N–H and O–H groups in total. The van der Waals surface area contributed by atoms with E-state index in [2.05, 4.69) is 19.2 Å². The molecule has 0 heterocycles. The maximum Gasteiger partial charge on any atom is 0.272 e. The zero-order valence-electron chi connectivity index (χ0n) is 9.99. The smallest absolute Gasteiger partial charge is 0.272 e. The maximum absolute atomic E-state index is 10.6. The highest BCUT2D eigenvalue weighted by molar-refractivity contribution is 5.53. The SMILES string of the molecule is CCC(C)CNc1ccc([N+](=O)[O-])c(C)c1. The Bertz CT molecular complexity index is 377. The van der Waals surface area contributed by atoms with Crippen LogP contribution in [-0.2, 0) is 0 Å². The van der Waals surface area contributed by atoms with Crippen molar-refractivity contribution in [1.29, 1.82) is 0 Å². The fraction of sp³-hybridized carbons (Fsp3) is 0.500. The lowest BCUT2D eigenvalue weighted by Crippen LogP contribution is -2.10. The van der Waals surface area contributed by atoms with Gasteiger partial charge in [-0.3, -0.25) is 10.1 Å². The summed E-state index contributed by atoms with van der Waals surface area (Å²) in [6.45, 7) is 6.97. The molecule has 0 fully saturated rings. The molecule has 0 aromatic heterocycles. The first-order valence-electron chi connectivity index (χ1n) is 5.53. The minimum Gasteiger partial charge on any atom is -0.385 e. The first-order chi connectivity index (χ1) is 7.54. The van der Waals surface area contributed by atoms with E-state index in [1.165, 1.54) is 0 Å². The van der Waals surface area contributed by atoms with Crippen molar-refractivity contribution >= 4 is 11.4 Å². The number of hydrogen-bond donors (Lipinski definition) is 1. The Kier molecular flexibility index (Phi) is 4.28. The summed E-state index contributed by atoms with van der Waals surface area (Å²) < 4.78 is 0. The quantitative estimate of drug-likeness (QED) is 0.614. The summed E-state index contributed by atoms with van der Waals surface area (Å²) in [4.78, 5) is 10.3. The van der Waals surface area contributed by atoms with E-state index in [1.807, 2.05) is 6.07 Å². The molecule has 1 rings (SSSR count). The normalized spacial score (nSPS) is 12.2. The molecule has 0 aliphatic carbocycles. The fourth-order valence-corrected chi connectivity index (χ4v) is 1.41. The lowest BCUT2D eigenvalue weighted by molar-refractivity contribution is -0.385. The third kappa shape index (κ3) is 3.22. The summed E-state index contributed by atoms with van der Waals surface area (Å²) in [7, 11) is 0. The van der Waals surface area contributed by atoms with Crippen LogP contribution in [0.1, 0.15) is 25.8 Å². The molecular formula is C12H18N2O2. The number of rotatable bonds is 5. The second-order valence-corrected chi connectivity index (χ2v) is 4.15. The van der Waals surface area contributed by atoms with Gasteiger partial charge >= 0.3 is 0 Å². The average molecular weight is 222 g/mol. The van der Waals surface area contributed by atoms with Crippen LogP contribution in [0.5, 0.6) is 0 Å². The Morgan fingerprint density at radius 2 is 2.19 bits per heavy atom. The molecule has 0 saturated heterocycles. The van der Waals surface area contributed by atoms with Crippen LogP contribution in [0.2, 0.25) is 0 Å². The van der Waals surface area contributed by atoms with Gasteiger partial charge in [-0.1, -0.05) is 20.3 Å². The van der Waals surface area contributed by atoms with E-state index in [1.54, 1.807) is 19.1 Å². The van der Waals surface area contributed by atoms with Gasteiger partial charge in [0.05, 0.1) is 4.92 Å². The summed E-state index contributed by atoms with van der Waals surface area (Å²) >= 11 is 0. The lowest BCUT2D eigenvalue weighted by atomic mass is 10.1. The van der Waals surface area contributed by atoms with E-state index >= 15 is 0 Å². The Balaban J connectivity index is 2.70. The van der Waals surface area contributed by atoms with E-state index < -0.39 is 0 Å².